The molecule has 1 aliphatic heterocycles. The third-order valence-corrected chi connectivity index (χ3v) is 6.24. The van der Waals surface area contributed by atoms with E-state index in [1.54, 1.807) is 17.8 Å². The van der Waals surface area contributed by atoms with Gasteiger partial charge in [0.1, 0.15) is 11.4 Å². The van der Waals surface area contributed by atoms with Crippen molar-refractivity contribution in [3.8, 4) is 5.75 Å². The number of fused-ring (bicyclic) bond motifs is 1. The van der Waals surface area contributed by atoms with Gasteiger partial charge in [0.25, 0.3) is 11.5 Å². The second kappa shape index (κ2) is 8.33. The molecule has 0 saturated heterocycles. The Morgan fingerprint density at radius 3 is 2.70 bits per heavy atom. The van der Waals surface area contributed by atoms with Crippen molar-refractivity contribution in [2.24, 2.45) is 10.8 Å². The Labute approximate surface area is 180 Å². The van der Waals surface area contributed by atoms with E-state index in [9.17, 15) is 14.7 Å². The molecule has 0 aliphatic carbocycles. The van der Waals surface area contributed by atoms with Gasteiger partial charge in [-0.1, -0.05) is 23.9 Å². The quantitative estimate of drug-likeness (QED) is 0.584. The lowest BCUT2D eigenvalue weighted by Crippen LogP contribution is -2.30. The maximum Gasteiger partial charge on any atom is 0.297 e. The molecule has 1 amide bonds. The number of benzene rings is 2. The molecule has 0 unspecified atom stereocenters. The summed E-state index contributed by atoms with van der Waals surface area (Å²) in [6.07, 6.45) is 2.35. The minimum absolute atomic E-state index is 0.000533. The average Bonchev–Trinajstić information content (AvgIpc) is 2.76. The Morgan fingerprint density at radius 2 is 2.00 bits per heavy atom. The van der Waals surface area contributed by atoms with Crippen LogP contribution in [-0.4, -0.2) is 43.6 Å². The van der Waals surface area contributed by atoms with E-state index in [-0.39, 0.29) is 16.9 Å². The fraction of sp³-hybridized carbons (Fsp3) is 0.150. The zero-order chi connectivity index (χ0) is 21.3. The number of nitrogens with zero attached hydrogens (tertiary/aromatic N) is 4. The predicted octanol–water partition coefficient (Wildman–Crippen LogP) is 2.11. The lowest BCUT2D eigenvalue weighted by Gasteiger charge is -2.16. The molecule has 1 aromatic heterocycles. The van der Waals surface area contributed by atoms with Crippen molar-refractivity contribution in [1.29, 1.82) is 0 Å². The van der Waals surface area contributed by atoms with Crippen molar-refractivity contribution in [3.63, 3.8) is 0 Å². The number of carbonyl (C=O) groups excluding carboxylic acids is 1. The molecule has 0 radical (unpaired) electrons. The molecule has 152 valence electrons. The van der Waals surface area contributed by atoms with E-state index in [0.717, 1.165) is 10.5 Å². The highest BCUT2D eigenvalue weighted by atomic mass is 32.2. The molecule has 3 aromatic rings. The molecule has 10 heteroatoms. The van der Waals surface area contributed by atoms with Crippen LogP contribution in [0.25, 0.3) is 0 Å². The van der Waals surface area contributed by atoms with E-state index >= 15 is 0 Å². The van der Waals surface area contributed by atoms with Gasteiger partial charge < -0.3 is 10.8 Å². The summed E-state index contributed by atoms with van der Waals surface area (Å²) in [5, 5.41) is 22.9. The minimum atomic E-state index is -0.739. The van der Waals surface area contributed by atoms with Gasteiger partial charge in [0, 0.05) is 17.1 Å². The molecule has 0 fully saturated rings. The molecule has 0 atom stereocenters. The standard InChI is InChI=1S/C20H17N5O3S2/c1-29-13-5-2-11(3-6-13)8-15-19(28)25-20(23-22-15)30-10-16(24-25)12-4-7-17(26)14(9-12)18(21)27/h2-7,9,26H,8,10H2,1H3,(H2,21,27). The molecule has 30 heavy (non-hydrogen) atoms. The number of aromatic hydroxyl groups is 1. The Kier molecular flexibility index (Phi) is 5.60. The highest BCUT2D eigenvalue weighted by Gasteiger charge is 2.21. The first kappa shape index (κ1) is 20.2. The number of hydrogen-bond donors (Lipinski definition) is 2. The summed E-state index contributed by atoms with van der Waals surface area (Å²) in [7, 11) is 0. The number of rotatable bonds is 5. The molecular formula is C20H17N5O3S2. The van der Waals surface area contributed by atoms with Gasteiger partial charge in [0.15, 0.2) is 0 Å². The lowest BCUT2D eigenvalue weighted by molar-refractivity contribution is 0.0997. The zero-order valence-electron chi connectivity index (χ0n) is 15.9. The second-order valence-corrected chi connectivity index (χ2v) is 8.32. The average molecular weight is 440 g/mol. The number of thioether (sulfide) groups is 2. The normalized spacial score (nSPS) is 12.9. The number of nitrogens with two attached hydrogens (primary N) is 1. The maximum absolute atomic E-state index is 13.0. The Balaban J connectivity index is 1.69. The zero-order valence-corrected chi connectivity index (χ0v) is 17.5. The highest BCUT2D eigenvalue weighted by molar-refractivity contribution is 7.99. The molecule has 4 rings (SSSR count). The van der Waals surface area contributed by atoms with E-state index in [2.05, 4.69) is 15.3 Å². The van der Waals surface area contributed by atoms with Crippen LogP contribution in [0, 0.1) is 0 Å². The Morgan fingerprint density at radius 1 is 1.23 bits per heavy atom. The van der Waals surface area contributed by atoms with Gasteiger partial charge >= 0.3 is 0 Å². The van der Waals surface area contributed by atoms with Gasteiger partial charge in [-0.05, 0) is 47.7 Å². The lowest BCUT2D eigenvalue weighted by atomic mass is 10.1. The number of hydrogen-bond acceptors (Lipinski definition) is 8. The molecule has 0 spiro atoms. The summed E-state index contributed by atoms with van der Waals surface area (Å²) >= 11 is 2.97. The smallest absolute Gasteiger partial charge is 0.297 e. The van der Waals surface area contributed by atoms with E-state index in [0.29, 0.717) is 34.3 Å². The van der Waals surface area contributed by atoms with Crippen LogP contribution < -0.4 is 11.3 Å². The first-order valence-electron chi connectivity index (χ1n) is 8.91. The van der Waals surface area contributed by atoms with Crippen LogP contribution in [0.15, 0.2) is 62.4 Å². The van der Waals surface area contributed by atoms with Gasteiger partial charge in [-0.25, -0.2) is 0 Å². The van der Waals surface area contributed by atoms with Gasteiger partial charge in [0.05, 0.1) is 11.3 Å². The van der Waals surface area contributed by atoms with E-state index in [1.165, 1.54) is 28.6 Å². The van der Waals surface area contributed by atoms with Crippen LogP contribution in [0.3, 0.4) is 0 Å². The van der Waals surface area contributed by atoms with Gasteiger partial charge in [0.2, 0.25) is 5.16 Å². The molecule has 2 heterocycles. The van der Waals surface area contributed by atoms with E-state index in [4.69, 9.17) is 5.73 Å². The van der Waals surface area contributed by atoms with Crippen molar-refractivity contribution in [2.45, 2.75) is 16.5 Å². The molecule has 1 aliphatic rings. The monoisotopic (exact) mass is 439 g/mol. The van der Waals surface area contributed by atoms with E-state index in [1.807, 2.05) is 30.5 Å². The largest absolute Gasteiger partial charge is 0.507 e. The summed E-state index contributed by atoms with van der Waals surface area (Å²) in [6, 6.07) is 12.4. The number of aromatic nitrogens is 3. The number of phenols is 1. The first-order valence-corrected chi connectivity index (χ1v) is 11.1. The minimum Gasteiger partial charge on any atom is -0.507 e. The number of carbonyl (C=O) groups is 1. The van der Waals surface area contributed by atoms with Crippen molar-refractivity contribution in [3.05, 3.63) is 75.2 Å². The maximum atomic E-state index is 13.0. The van der Waals surface area contributed by atoms with Gasteiger partial charge in [-0.15, -0.1) is 22.0 Å². The second-order valence-electron chi connectivity index (χ2n) is 6.50. The number of primary amides is 1. The highest BCUT2D eigenvalue weighted by Crippen LogP contribution is 2.24. The van der Waals surface area contributed by atoms with Crippen LogP contribution in [-0.2, 0) is 6.42 Å². The van der Waals surface area contributed by atoms with Gasteiger partial charge in [-0.2, -0.15) is 9.78 Å². The van der Waals surface area contributed by atoms with Crippen molar-refractivity contribution in [2.75, 3.05) is 12.0 Å². The molecular weight excluding hydrogens is 422 g/mol. The van der Waals surface area contributed by atoms with Crippen LogP contribution in [0.2, 0.25) is 0 Å². The van der Waals surface area contributed by atoms with Crippen molar-refractivity contribution < 1.29 is 9.90 Å². The molecule has 3 N–H and O–H groups in total. The Bertz CT molecular complexity index is 1220. The summed E-state index contributed by atoms with van der Waals surface area (Å²) < 4.78 is 1.24. The summed E-state index contributed by atoms with van der Waals surface area (Å²) in [6.45, 7) is 0. The SMILES string of the molecule is CSc1ccc(Cc2nnc3n(c2=O)N=C(c2ccc(O)c(C(N)=O)c2)CS3)cc1. The third kappa shape index (κ3) is 3.96. The van der Waals surface area contributed by atoms with Crippen LogP contribution in [0.1, 0.15) is 27.2 Å². The van der Waals surface area contributed by atoms with Crippen molar-refractivity contribution in [1.82, 2.24) is 14.9 Å². The fourth-order valence-electron chi connectivity index (χ4n) is 2.96. The Hall–Kier alpha value is -3.11. The molecule has 0 saturated carbocycles. The predicted molar refractivity (Wildman–Crippen MR) is 117 cm³/mol. The van der Waals surface area contributed by atoms with Crippen LogP contribution in [0.4, 0.5) is 0 Å². The third-order valence-electron chi connectivity index (χ3n) is 4.56. The van der Waals surface area contributed by atoms with Gasteiger partial charge in [-0.3, -0.25) is 9.59 Å². The summed E-state index contributed by atoms with van der Waals surface area (Å²) in [5.74, 6) is -0.503. The number of amides is 1. The molecule has 0 bridgehead atoms. The van der Waals surface area contributed by atoms with Crippen LogP contribution >= 0.6 is 23.5 Å². The van der Waals surface area contributed by atoms with E-state index < -0.39 is 5.91 Å². The molecule has 8 nitrogen and oxygen atoms in total. The van der Waals surface area contributed by atoms with Crippen LogP contribution in [0.5, 0.6) is 5.75 Å². The summed E-state index contributed by atoms with van der Waals surface area (Å²) in [4.78, 5) is 25.6. The molecule has 2 aromatic carbocycles. The topological polar surface area (TPSA) is 123 Å². The first-order chi connectivity index (χ1) is 14.5. The fourth-order valence-corrected chi connectivity index (χ4v) is 4.20. The van der Waals surface area contributed by atoms with Crippen molar-refractivity contribution >= 4 is 35.1 Å². The summed E-state index contributed by atoms with van der Waals surface area (Å²) in [5.41, 5.74) is 7.38.